The summed E-state index contributed by atoms with van der Waals surface area (Å²) >= 11 is 0. The molecule has 7 nitrogen and oxygen atoms in total. The third-order valence-electron chi connectivity index (χ3n) is 3.13. The van der Waals surface area contributed by atoms with E-state index >= 15 is 0 Å². The highest BCUT2D eigenvalue weighted by Crippen LogP contribution is 2.23. The van der Waals surface area contributed by atoms with Crippen LogP contribution in [0.5, 0.6) is 0 Å². The van der Waals surface area contributed by atoms with Crippen LogP contribution < -0.4 is 5.32 Å². The fraction of sp³-hybridized carbons (Fsp3) is 0.385. The predicted molar refractivity (Wildman–Crippen MR) is 80.3 cm³/mol. The number of imidazole rings is 1. The van der Waals surface area contributed by atoms with Gasteiger partial charge in [0.2, 0.25) is 10.0 Å². The van der Waals surface area contributed by atoms with Crippen LogP contribution in [0.2, 0.25) is 0 Å². The van der Waals surface area contributed by atoms with Gasteiger partial charge in [-0.05, 0) is 13.0 Å². The number of hydrogen-bond donors (Lipinski definition) is 1. The van der Waals surface area contributed by atoms with Gasteiger partial charge in [-0.2, -0.15) is 4.31 Å². The lowest BCUT2D eigenvalue weighted by Crippen LogP contribution is -2.28. The number of sulfonamides is 1. The van der Waals surface area contributed by atoms with Crippen molar-refractivity contribution in [1.82, 2.24) is 18.8 Å². The molecule has 21 heavy (non-hydrogen) atoms. The van der Waals surface area contributed by atoms with Crippen LogP contribution in [0.1, 0.15) is 12.7 Å². The minimum Gasteiger partial charge on any atom is -0.384 e. The Kier molecular flexibility index (Phi) is 4.59. The minimum atomic E-state index is -3.63. The van der Waals surface area contributed by atoms with Crippen molar-refractivity contribution < 1.29 is 8.42 Å². The number of aromatic nitrogens is 3. The maximum absolute atomic E-state index is 12.7. The number of hydrogen-bond acceptors (Lipinski definition) is 5. The van der Waals surface area contributed by atoms with Gasteiger partial charge in [0, 0.05) is 45.4 Å². The van der Waals surface area contributed by atoms with Crippen molar-refractivity contribution in [3.05, 3.63) is 36.7 Å². The van der Waals surface area contributed by atoms with E-state index in [2.05, 4.69) is 15.3 Å². The molecule has 0 aliphatic carbocycles. The number of anilines is 1. The molecule has 2 aromatic rings. The second kappa shape index (κ2) is 6.23. The maximum atomic E-state index is 12.7. The lowest BCUT2D eigenvalue weighted by atomic mass is 10.4. The maximum Gasteiger partial charge on any atom is 0.246 e. The van der Waals surface area contributed by atoms with Crippen molar-refractivity contribution in [2.24, 2.45) is 7.05 Å². The number of rotatable bonds is 6. The summed E-state index contributed by atoms with van der Waals surface area (Å²) in [6, 6.07) is 1.66. The first-order valence-corrected chi connectivity index (χ1v) is 8.01. The van der Waals surface area contributed by atoms with Crippen LogP contribution in [0.25, 0.3) is 0 Å². The number of aryl methyl sites for hydroxylation is 1. The number of pyridine rings is 1. The van der Waals surface area contributed by atoms with Crippen LogP contribution in [0.4, 0.5) is 5.69 Å². The Bertz CT molecular complexity index is 711. The van der Waals surface area contributed by atoms with Gasteiger partial charge < -0.3 is 9.88 Å². The topological polar surface area (TPSA) is 80.1 Å². The Morgan fingerprint density at radius 2 is 2.14 bits per heavy atom. The van der Waals surface area contributed by atoms with Crippen molar-refractivity contribution in [2.75, 3.05) is 18.9 Å². The first-order chi connectivity index (χ1) is 9.96. The Labute approximate surface area is 124 Å². The molecular formula is C13H19N5O2S. The molecule has 0 radical (unpaired) electrons. The van der Waals surface area contributed by atoms with Gasteiger partial charge in [-0.25, -0.2) is 13.4 Å². The van der Waals surface area contributed by atoms with E-state index in [1.54, 1.807) is 29.2 Å². The van der Waals surface area contributed by atoms with Gasteiger partial charge in [-0.3, -0.25) is 4.98 Å². The van der Waals surface area contributed by atoms with Gasteiger partial charge in [-0.1, -0.05) is 0 Å². The van der Waals surface area contributed by atoms with E-state index in [-0.39, 0.29) is 11.4 Å². The SMILES string of the molecule is CCNc1ccncc1S(=O)(=O)N(C)Cc1nccn1C. The molecule has 0 aromatic carbocycles. The Balaban J connectivity index is 2.31. The average molecular weight is 309 g/mol. The number of nitrogens with one attached hydrogen (secondary N) is 1. The summed E-state index contributed by atoms with van der Waals surface area (Å²) in [5, 5.41) is 3.04. The van der Waals surface area contributed by atoms with Crippen LogP contribution >= 0.6 is 0 Å². The molecule has 0 spiro atoms. The Hall–Kier alpha value is -1.93. The van der Waals surface area contributed by atoms with Gasteiger partial charge in [-0.15, -0.1) is 0 Å². The highest BCUT2D eigenvalue weighted by molar-refractivity contribution is 7.89. The van der Waals surface area contributed by atoms with Crippen LogP contribution in [-0.4, -0.2) is 40.9 Å². The molecule has 2 rings (SSSR count). The molecule has 0 aliphatic rings. The second-order valence-corrected chi connectivity index (χ2v) is 6.63. The largest absolute Gasteiger partial charge is 0.384 e. The molecule has 0 saturated heterocycles. The monoisotopic (exact) mass is 309 g/mol. The standard InChI is InChI=1S/C13H19N5O2S/c1-4-15-11-5-6-14-9-12(11)21(19,20)18(3)10-13-16-7-8-17(13)2/h5-9H,4,10H2,1-3H3,(H,14,15). The van der Waals surface area contributed by atoms with Crippen molar-refractivity contribution in [1.29, 1.82) is 0 Å². The first kappa shape index (κ1) is 15.5. The molecule has 2 aromatic heterocycles. The highest BCUT2D eigenvalue weighted by Gasteiger charge is 2.25. The summed E-state index contributed by atoms with van der Waals surface area (Å²) in [7, 11) is -0.265. The zero-order valence-corrected chi connectivity index (χ0v) is 13.1. The van der Waals surface area contributed by atoms with E-state index in [0.29, 0.717) is 18.1 Å². The summed E-state index contributed by atoms with van der Waals surface area (Å²) in [6.07, 6.45) is 6.35. The molecule has 1 N–H and O–H groups in total. The van der Waals surface area contributed by atoms with Crippen LogP contribution in [0.3, 0.4) is 0 Å². The lowest BCUT2D eigenvalue weighted by Gasteiger charge is -2.19. The molecular weight excluding hydrogens is 290 g/mol. The summed E-state index contributed by atoms with van der Waals surface area (Å²) in [4.78, 5) is 8.24. The molecule has 2 heterocycles. The summed E-state index contributed by atoms with van der Waals surface area (Å²) in [5.74, 6) is 0.676. The second-order valence-electron chi connectivity index (χ2n) is 4.62. The lowest BCUT2D eigenvalue weighted by molar-refractivity contribution is 0.451. The first-order valence-electron chi connectivity index (χ1n) is 6.57. The summed E-state index contributed by atoms with van der Waals surface area (Å²) in [5.41, 5.74) is 0.555. The fourth-order valence-corrected chi connectivity index (χ4v) is 3.16. The zero-order chi connectivity index (χ0) is 15.5. The van der Waals surface area contributed by atoms with E-state index in [0.717, 1.165) is 0 Å². The summed E-state index contributed by atoms with van der Waals surface area (Å²) < 4.78 is 28.4. The van der Waals surface area contributed by atoms with Crippen molar-refractivity contribution >= 4 is 15.7 Å². The smallest absolute Gasteiger partial charge is 0.246 e. The van der Waals surface area contributed by atoms with Gasteiger partial charge in [0.1, 0.15) is 10.7 Å². The van der Waals surface area contributed by atoms with E-state index in [1.165, 1.54) is 17.5 Å². The van der Waals surface area contributed by atoms with E-state index in [1.807, 2.05) is 14.0 Å². The molecule has 0 bridgehead atoms. The van der Waals surface area contributed by atoms with Gasteiger partial charge >= 0.3 is 0 Å². The van der Waals surface area contributed by atoms with Crippen molar-refractivity contribution in [2.45, 2.75) is 18.4 Å². The Morgan fingerprint density at radius 3 is 2.76 bits per heavy atom. The van der Waals surface area contributed by atoms with Gasteiger partial charge in [0.15, 0.2) is 0 Å². The normalized spacial score (nSPS) is 11.8. The van der Waals surface area contributed by atoms with E-state index < -0.39 is 10.0 Å². The minimum absolute atomic E-state index is 0.170. The van der Waals surface area contributed by atoms with Crippen LogP contribution in [-0.2, 0) is 23.6 Å². The average Bonchev–Trinajstić information content (AvgIpc) is 2.85. The van der Waals surface area contributed by atoms with Gasteiger partial charge in [0.25, 0.3) is 0 Å². The molecule has 0 fully saturated rings. The van der Waals surface area contributed by atoms with Crippen LogP contribution in [0, 0.1) is 0 Å². The molecule has 0 saturated carbocycles. The van der Waals surface area contributed by atoms with Crippen LogP contribution in [0.15, 0.2) is 35.7 Å². The predicted octanol–water partition coefficient (Wildman–Crippen LogP) is 1.07. The quantitative estimate of drug-likeness (QED) is 0.863. The molecule has 0 amide bonds. The third kappa shape index (κ3) is 3.22. The van der Waals surface area contributed by atoms with Crippen molar-refractivity contribution in [3.8, 4) is 0 Å². The molecule has 114 valence electrons. The van der Waals surface area contributed by atoms with E-state index in [9.17, 15) is 8.42 Å². The molecule has 0 aliphatic heterocycles. The van der Waals surface area contributed by atoms with Gasteiger partial charge in [0.05, 0.1) is 12.2 Å². The molecule has 8 heteroatoms. The molecule has 0 atom stereocenters. The number of nitrogens with zero attached hydrogens (tertiary/aromatic N) is 4. The zero-order valence-electron chi connectivity index (χ0n) is 12.3. The Morgan fingerprint density at radius 1 is 1.38 bits per heavy atom. The van der Waals surface area contributed by atoms with Crippen molar-refractivity contribution in [3.63, 3.8) is 0 Å². The van der Waals surface area contributed by atoms with E-state index in [4.69, 9.17) is 0 Å². The summed E-state index contributed by atoms with van der Waals surface area (Å²) in [6.45, 7) is 2.75. The highest BCUT2D eigenvalue weighted by atomic mass is 32.2. The third-order valence-corrected chi connectivity index (χ3v) is 4.96. The fourth-order valence-electron chi connectivity index (χ4n) is 1.92. The molecule has 0 unspecified atom stereocenters.